The Morgan fingerprint density at radius 2 is 1.62 bits per heavy atom. The number of nitrogens with zero attached hydrogens (tertiary/aromatic N) is 4. The third-order valence-electron chi connectivity index (χ3n) is 3.94. The van der Waals surface area contributed by atoms with E-state index in [1.165, 1.54) is 47.5 Å². The van der Waals surface area contributed by atoms with Crippen molar-refractivity contribution in [1.82, 2.24) is 0 Å². The molecule has 2 aromatic carbocycles. The molecule has 0 aromatic heterocycles. The van der Waals surface area contributed by atoms with Gasteiger partial charge in [-0.25, -0.2) is 18.7 Å². The minimum absolute atomic E-state index is 0.147. The van der Waals surface area contributed by atoms with E-state index < -0.39 is 35.5 Å². The zero-order valence-electron chi connectivity index (χ0n) is 12.1. The molecule has 2 atom stereocenters. The van der Waals surface area contributed by atoms with Gasteiger partial charge in [0.1, 0.15) is 11.6 Å². The highest BCUT2D eigenvalue weighted by Crippen LogP contribution is 2.34. The maximum absolute atomic E-state index is 13.4. The summed E-state index contributed by atoms with van der Waals surface area (Å²) in [6.45, 7) is 0. The van der Waals surface area contributed by atoms with Gasteiger partial charge in [0.2, 0.25) is 0 Å². The number of imide groups is 1. The maximum Gasteiger partial charge on any atom is 0.263 e. The Labute approximate surface area is 135 Å². The minimum Gasteiger partial charge on any atom is -0.271 e. The van der Waals surface area contributed by atoms with Crippen LogP contribution in [0.25, 0.3) is 0 Å². The van der Waals surface area contributed by atoms with Gasteiger partial charge in [0, 0.05) is 0 Å². The van der Waals surface area contributed by atoms with Gasteiger partial charge < -0.3 is 0 Å². The topological polar surface area (TPSA) is 65.3 Å². The zero-order valence-corrected chi connectivity index (χ0v) is 12.1. The van der Waals surface area contributed by atoms with Gasteiger partial charge >= 0.3 is 0 Å². The smallest absolute Gasteiger partial charge is 0.263 e. The van der Waals surface area contributed by atoms with Crippen LogP contribution in [-0.4, -0.2) is 23.9 Å². The third kappa shape index (κ3) is 2.07. The van der Waals surface area contributed by atoms with Crippen LogP contribution in [0.1, 0.15) is 0 Å². The Balaban J connectivity index is 1.70. The van der Waals surface area contributed by atoms with E-state index >= 15 is 0 Å². The molecule has 6 nitrogen and oxygen atoms in total. The van der Waals surface area contributed by atoms with Gasteiger partial charge in [0.25, 0.3) is 11.8 Å². The summed E-state index contributed by atoms with van der Waals surface area (Å²) in [7, 11) is 0. The van der Waals surface area contributed by atoms with Crippen molar-refractivity contribution in [2.24, 2.45) is 10.3 Å². The van der Waals surface area contributed by atoms with Crippen LogP contribution in [0.5, 0.6) is 0 Å². The fraction of sp³-hybridized carbons (Fsp3) is 0.125. The standard InChI is InChI=1S/C16H10F2N4O2/c17-9-4-6-11(7-5-9)22-14-13(19-20-22)15(23)21(16(14)24)12-3-1-2-10(18)8-12/h1-8,13-14H/t13-,14-/m1/s1. The molecule has 0 bridgehead atoms. The number of carbonyl (C=O) groups is 2. The van der Waals surface area contributed by atoms with Gasteiger partial charge in [-0.2, -0.15) is 5.11 Å². The van der Waals surface area contributed by atoms with Crippen molar-refractivity contribution in [3.63, 3.8) is 0 Å². The lowest BCUT2D eigenvalue weighted by Crippen LogP contribution is -2.39. The number of hydrogen-bond acceptors (Lipinski definition) is 5. The lowest BCUT2D eigenvalue weighted by molar-refractivity contribution is -0.121. The molecule has 2 amide bonds. The molecule has 0 saturated carbocycles. The highest BCUT2D eigenvalue weighted by Gasteiger charge is 2.55. The van der Waals surface area contributed by atoms with Gasteiger partial charge in [-0.1, -0.05) is 11.3 Å². The lowest BCUT2D eigenvalue weighted by atomic mass is 10.1. The van der Waals surface area contributed by atoms with Crippen molar-refractivity contribution in [3.8, 4) is 0 Å². The lowest BCUT2D eigenvalue weighted by Gasteiger charge is -2.20. The molecule has 24 heavy (non-hydrogen) atoms. The third-order valence-corrected chi connectivity index (χ3v) is 3.94. The van der Waals surface area contributed by atoms with E-state index in [4.69, 9.17) is 0 Å². The van der Waals surface area contributed by atoms with E-state index in [0.29, 0.717) is 5.69 Å². The maximum atomic E-state index is 13.4. The number of fused-ring (bicyclic) bond motifs is 1. The average molecular weight is 328 g/mol. The van der Waals surface area contributed by atoms with Gasteiger partial charge in [0.05, 0.1) is 11.4 Å². The Kier molecular flexibility index (Phi) is 3.12. The second kappa shape index (κ2) is 5.19. The molecule has 120 valence electrons. The van der Waals surface area contributed by atoms with Crippen LogP contribution in [-0.2, 0) is 9.59 Å². The molecule has 1 saturated heterocycles. The molecule has 0 unspecified atom stereocenters. The summed E-state index contributed by atoms with van der Waals surface area (Å²) in [5.74, 6) is -2.10. The Bertz CT molecular complexity index is 869. The first-order valence-corrected chi connectivity index (χ1v) is 7.15. The Hall–Kier alpha value is -3.16. The molecule has 0 spiro atoms. The van der Waals surface area contributed by atoms with Gasteiger partial charge in [0.15, 0.2) is 12.1 Å². The molecule has 0 N–H and O–H groups in total. The molecule has 0 radical (unpaired) electrons. The second-order valence-electron chi connectivity index (χ2n) is 5.41. The average Bonchev–Trinajstić information content (AvgIpc) is 3.09. The van der Waals surface area contributed by atoms with Crippen molar-refractivity contribution in [2.75, 3.05) is 9.91 Å². The predicted octanol–water partition coefficient (Wildman–Crippen LogP) is 2.46. The number of amides is 2. The van der Waals surface area contributed by atoms with Crippen molar-refractivity contribution in [3.05, 3.63) is 60.2 Å². The van der Waals surface area contributed by atoms with Crippen LogP contribution < -0.4 is 9.91 Å². The fourth-order valence-corrected chi connectivity index (χ4v) is 2.84. The quantitative estimate of drug-likeness (QED) is 0.796. The van der Waals surface area contributed by atoms with Crippen molar-refractivity contribution >= 4 is 23.2 Å². The first-order chi connectivity index (χ1) is 11.6. The summed E-state index contributed by atoms with van der Waals surface area (Å²) < 4.78 is 26.5. The van der Waals surface area contributed by atoms with Crippen LogP contribution in [0.3, 0.4) is 0 Å². The summed E-state index contributed by atoms with van der Waals surface area (Å²) in [6, 6.07) is 8.61. The molecule has 2 aliphatic heterocycles. The largest absolute Gasteiger partial charge is 0.271 e. The number of anilines is 2. The second-order valence-corrected chi connectivity index (χ2v) is 5.41. The normalized spacial score (nSPS) is 22.4. The van der Waals surface area contributed by atoms with Crippen molar-refractivity contribution in [2.45, 2.75) is 12.1 Å². The molecular formula is C16H10F2N4O2. The molecule has 2 heterocycles. The Morgan fingerprint density at radius 3 is 2.33 bits per heavy atom. The fourth-order valence-electron chi connectivity index (χ4n) is 2.84. The number of hydrogen-bond donors (Lipinski definition) is 0. The van der Waals surface area contributed by atoms with Crippen LogP contribution in [0.4, 0.5) is 20.2 Å². The molecule has 4 rings (SSSR count). The summed E-state index contributed by atoms with van der Waals surface area (Å²) in [5.41, 5.74) is 0.587. The van der Waals surface area contributed by atoms with E-state index in [1.807, 2.05) is 0 Å². The summed E-state index contributed by atoms with van der Waals surface area (Å²) in [6.07, 6.45) is 0. The monoisotopic (exact) mass is 328 g/mol. The number of halogens is 2. The SMILES string of the molecule is O=C1[C@@H]2N=NN(c3ccc(F)cc3)[C@H]2C(=O)N1c1cccc(F)c1. The van der Waals surface area contributed by atoms with Gasteiger partial charge in [-0.15, -0.1) is 0 Å². The van der Waals surface area contributed by atoms with E-state index in [1.54, 1.807) is 0 Å². The van der Waals surface area contributed by atoms with Gasteiger partial charge in [-0.05, 0) is 42.5 Å². The van der Waals surface area contributed by atoms with E-state index in [-0.39, 0.29) is 5.69 Å². The number of benzene rings is 2. The first kappa shape index (κ1) is 14.4. The highest BCUT2D eigenvalue weighted by atomic mass is 19.1. The molecule has 2 aromatic rings. The minimum atomic E-state index is -0.995. The number of carbonyl (C=O) groups excluding carboxylic acids is 2. The molecule has 8 heteroatoms. The van der Waals surface area contributed by atoms with Crippen molar-refractivity contribution in [1.29, 1.82) is 0 Å². The molecular weight excluding hydrogens is 318 g/mol. The summed E-state index contributed by atoms with van der Waals surface area (Å²) >= 11 is 0. The van der Waals surface area contributed by atoms with E-state index in [2.05, 4.69) is 10.3 Å². The van der Waals surface area contributed by atoms with Crippen LogP contribution in [0.2, 0.25) is 0 Å². The van der Waals surface area contributed by atoms with Crippen LogP contribution >= 0.6 is 0 Å². The molecule has 1 fully saturated rings. The predicted molar refractivity (Wildman–Crippen MR) is 80.2 cm³/mol. The van der Waals surface area contributed by atoms with E-state index in [0.717, 1.165) is 11.0 Å². The summed E-state index contributed by atoms with van der Waals surface area (Å²) in [4.78, 5) is 26.1. The van der Waals surface area contributed by atoms with E-state index in [9.17, 15) is 18.4 Å². The first-order valence-electron chi connectivity index (χ1n) is 7.15. The Morgan fingerprint density at radius 1 is 0.875 bits per heavy atom. The molecule has 0 aliphatic carbocycles. The van der Waals surface area contributed by atoms with Crippen molar-refractivity contribution < 1.29 is 18.4 Å². The summed E-state index contributed by atoms with van der Waals surface area (Å²) in [5, 5.41) is 9.00. The van der Waals surface area contributed by atoms with Gasteiger partial charge in [-0.3, -0.25) is 9.59 Å². The zero-order chi connectivity index (χ0) is 16.8. The van der Waals surface area contributed by atoms with Crippen LogP contribution in [0.15, 0.2) is 58.9 Å². The highest BCUT2D eigenvalue weighted by molar-refractivity contribution is 6.26. The molecule has 2 aliphatic rings. The number of rotatable bonds is 2. The van der Waals surface area contributed by atoms with Crippen LogP contribution in [0, 0.1) is 11.6 Å².